The van der Waals surface area contributed by atoms with Crippen LogP contribution in [0.15, 0.2) is 35.3 Å². The lowest BCUT2D eigenvalue weighted by atomic mass is 9.88. The highest BCUT2D eigenvalue weighted by Gasteiger charge is 2.26. The van der Waals surface area contributed by atoms with E-state index in [9.17, 15) is 19.5 Å². The van der Waals surface area contributed by atoms with Gasteiger partial charge in [-0.05, 0) is 54.0 Å². The Kier molecular flexibility index (Phi) is 5.51. The molecule has 0 amide bonds. The van der Waals surface area contributed by atoms with Crippen molar-refractivity contribution in [3.63, 3.8) is 0 Å². The predicted octanol–water partition coefficient (Wildman–Crippen LogP) is 4.36. The number of benzene rings is 1. The molecule has 1 atom stereocenters. The Morgan fingerprint density at radius 2 is 1.89 bits per heavy atom. The number of rotatable bonds is 4. The molecule has 0 radical (unpaired) electrons. The SMILES string of the molecule is CC(C)CC(C(=O)O)n1cc2c(cc1=O)-c1cc(Cl)ccc1CCCC2=O. The van der Waals surface area contributed by atoms with Gasteiger partial charge in [0.2, 0.25) is 0 Å². The number of carbonyl (C=O) groups excluding carboxylic acids is 1. The van der Waals surface area contributed by atoms with Crippen LogP contribution in [0.5, 0.6) is 0 Å². The molecule has 1 aliphatic rings. The van der Waals surface area contributed by atoms with Crippen molar-refractivity contribution in [2.75, 3.05) is 0 Å². The van der Waals surface area contributed by atoms with E-state index in [1.165, 1.54) is 16.8 Å². The number of aliphatic carboxylic acids is 1. The molecule has 1 heterocycles. The molecule has 0 spiro atoms. The number of fused-ring (bicyclic) bond motifs is 3. The van der Waals surface area contributed by atoms with Gasteiger partial charge < -0.3 is 9.67 Å². The smallest absolute Gasteiger partial charge is 0.326 e. The molecule has 0 aliphatic heterocycles. The number of nitrogens with zero attached hydrogens (tertiary/aromatic N) is 1. The molecule has 5 nitrogen and oxygen atoms in total. The third-order valence-corrected chi connectivity index (χ3v) is 5.14. The van der Waals surface area contributed by atoms with E-state index in [1.807, 2.05) is 19.9 Å². The zero-order chi connectivity index (χ0) is 19.7. The maximum atomic E-state index is 12.8. The molecule has 1 unspecified atom stereocenters. The molecule has 3 rings (SSSR count). The first-order valence-corrected chi connectivity index (χ1v) is 9.46. The highest BCUT2D eigenvalue weighted by molar-refractivity contribution is 6.31. The summed E-state index contributed by atoms with van der Waals surface area (Å²) in [4.78, 5) is 37.2. The van der Waals surface area contributed by atoms with Gasteiger partial charge in [-0.1, -0.05) is 31.5 Å². The quantitative estimate of drug-likeness (QED) is 0.845. The van der Waals surface area contributed by atoms with E-state index < -0.39 is 17.6 Å². The minimum Gasteiger partial charge on any atom is -0.480 e. The zero-order valence-corrected chi connectivity index (χ0v) is 16.1. The van der Waals surface area contributed by atoms with Crippen LogP contribution >= 0.6 is 11.6 Å². The lowest BCUT2D eigenvalue weighted by molar-refractivity contribution is -0.141. The Labute approximate surface area is 162 Å². The van der Waals surface area contributed by atoms with Gasteiger partial charge in [0, 0.05) is 29.3 Å². The number of Topliss-reactive ketones (excluding diaryl/α,β-unsaturated/α-hetero) is 1. The van der Waals surface area contributed by atoms with Gasteiger partial charge in [-0.15, -0.1) is 0 Å². The number of aromatic nitrogens is 1. The van der Waals surface area contributed by atoms with Crippen LogP contribution in [0.25, 0.3) is 11.1 Å². The molecular weight excluding hydrogens is 366 g/mol. The lowest BCUT2D eigenvalue weighted by Gasteiger charge is -2.22. The molecule has 0 saturated heterocycles. The largest absolute Gasteiger partial charge is 0.480 e. The van der Waals surface area contributed by atoms with Crippen LogP contribution in [0.2, 0.25) is 5.02 Å². The molecule has 1 N–H and O–H groups in total. The van der Waals surface area contributed by atoms with Crippen molar-refractivity contribution in [2.24, 2.45) is 5.92 Å². The first kappa shape index (κ1) is 19.4. The van der Waals surface area contributed by atoms with Crippen molar-refractivity contribution < 1.29 is 14.7 Å². The standard InChI is InChI=1S/C21H22ClNO4/c1-12(2)8-18(21(26)27)23-11-17-16(10-20(23)25)15-9-14(22)7-6-13(15)4-3-5-19(17)24/h6-7,9-12,18H,3-5,8H2,1-2H3,(H,26,27). The highest BCUT2D eigenvalue weighted by atomic mass is 35.5. The maximum absolute atomic E-state index is 12.8. The second-order valence-corrected chi connectivity index (χ2v) is 7.84. The van der Waals surface area contributed by atoms with Crippen LogP contribution in [-0.4, -0.2) is 21.4 Å². The van der Waals surface area contributed by atoms with E-state index >= 15 is 0 Å². The van der Waals surface area contributed by atoms with Gasteiger partial charge >= 0.3 is 5.97 Å². The van der Waals surface area contributed by atoms with Crippen molar-refractivity contribution in [2.45, 2.75) is 45.6 Å². The summed E-state index contributed by atoms with van der Waals surface area (Å²) in [6.07, 6.45) is 3.52. The highest BCUT2D eigenvalue weighted by Crippen LogP contribution is 2.33. The van der Waals surface area contributed by atoms with E-state index in [-0.39, 0.29) is 11.7 Å². The molecule has 6 heteroatoms. The molecule has 27 heavy (non-hydrogen) atoms. The summed E-state index contributed by atoms with van der Waals surface area (Å²) in [7, 11) is 0. The van der Waals surface area contributed by atoms with Gasteiger partial charge in [0.1, 0.15) is 6.04 Å². The predicted molar refractivity (Wildman–Crippen MR) is 105 cm³/mol. The van der Waals surface area contributed by atoms with Crippen LogP contribution < -0.4 is 5.56 Å². The fourth-order valence-corrected chi connectivity index (χ4v) is 3.78. The number of ketones is 1. The van der Waals surface area contributed by atoms with Crippen LogP contribution in [0.4, 0.5) is 0 Å². The van der Waals surface area contributed by atoms with Crippen molar-refractivity contribution in [1.82, 2.24) is 4.57 Å². The average Bonchev–Trinajstić information content (AvgIpc) is 2.59. The molecule has 142 valence electrons. The van der Waals surface area contributed by atoms with E-state index in [4.69, 9.17) is 11.6 Å². The molecule has 0 bridgehead atoms. The Balaban J connectivity index is 2.24. The van der Waals surface area contributed by atoms with E-state index in [1.54, 1.807) is 12.1 Å². The summed E-state index contributed by atoms with van der Waals surface area (Å²) >= 11 is 6.15. The number of hydrogen-bond donors (Lipinski definition) is 1. The summed E-state index contributed by atoms with van der Waals surface area (Å²) in [6.45, 7) is 3.80. The van der Waals surface area contributed by atoms with Crippen molar-refractivity contribution in [1.29, 1.82) is 0 Å². The van der Waals surface area contributed by atoms with Gasteiger partial charge in [-0.3, -0.25) is 9.59 Å². The second-order valence-electron chi connectivity index (χ2n) is 7.41. The number of pyridine rings is 1. The summed E-state index contributed by atoms with van der Waals surface area (Å²) in [5.74, 6) is -1.07. The summed E-state index contributed by atoms with van der Waals surface area (Å²) in [5.41, 5.74) is 2.29. The third-order valence-electron chi connectivity index (χ3n) is 4.91. The first-order valence-electron chi connectivity index (χ1n) is 9.09. The number of aryl methyl sites for hydroxylation is 1. The van der Waals surface area contributed by atoms with Gasteiger partial charge in [-0.2, -0.15) is 0 Å². The molecule has 1 aliphatic carbocycles. The summed E-state index contributed by atoms with van der Waals surface area (Å²) in [6, 6.07) is 5.86. The summed E-state index contributed by atoms with van der Waals surface area (Å²) < 4.78 is 1.19. The van der Waals surface area contributed by atoms with Crippen LogP contribution in [0.3, 0.4) is 0 Å². The average molecular weight is 388 g/mol. The summed E-state index contributed by atoms with van der Waals surface area (Å²) in [5, 5.41) is 10.1. The number of carboxylic acids is 1. The van der Waals surface area contributed by atoms with Gasteiger partial charge in [0.05, 0.1) is 0 Å². The van der Waals surface area contributed by atoms with E-state index in [0.717, 1.165) is 17.5 Å². The normalized spacial score (nSPS) is 14.9. The van der Waals surface area contributed by atoms with Crippen molar-refractivity contribution in [3.05, 3.63) is 57.0 Å². The Hall–Kier alpha value is -2.40. The second kappa shape index (κ2) is 7.69. The number of carbonyl (C=O) groups is 2. The number of hydrogen-bond acceptors (Lipinski definition) is 3. The lowest BCUT2D eigenvalue weighted by Crippen LogP contribution is -2.31. The Morgan fingerprint density at radius 1 is 1.15 bits per heavy atom. The molecule has 0 fully saturated rings. The van der Waals surface area contributed by atoms with E-state index in [2.05, 4.69) is 0 Å². The van der Waals surface area contributed by atoms with Gasteiger partial charge in [-0.25, -0.2) is 4.79 Å². The molecule has 2 aromatic rings. The minimum absolute atomic E-state index is 0.0851. The Bertz CT molecular complexity index is 961. The third kappa shape index (κ3) is 3.98. The fraction of sp³-hybridized carbons (Fsp3) is 0.381. The topological polar surface area (TPSA) is 76.4 Å². The van der Waals surface area contributed by atoms with Crippen molar-refractivity contribution >= 4 is 23.4 Å². The van der Waals surface area contributed by atoms with Crippen LogP contribution in [0, 0.1) is 5.92 Å². The van der Waals surface area contributed by atoms with Crippen molar-refractivity contribution in [3.8, 4) is 11.1 Å². The van der Waals surface area contributed by atoms with Crippen LogP contribution in [-0.2, 0) is 11.2 Å². The minimum atomic E-state index is -1.08. The van der Waals surface area contributed by atoms with E-state index in [0.29, 0.717) is 35.4 Å². The zero-order valence-electron chi connectivity index (χ0n) is 15.4. The number of carboxylic acid groups (broad SMARTS) is 1. The molecule has 1 aromatic heterocycles. The fourth-order valence-electron chi connectivity index (χ4n) is 3.61. The Morgan fingerprint density at radius 3 is 2.56 bits per heavy atom. The van der Waals surface area contributed by atoms with Crippen LogP contribution in [0.1, 0.15) is 55.1 Å². The van der Waals surface area contributed by atoms with Gasteiger partial charge in [0.15, 0.2) is 5.78 Å². The molecule has 1 aromatic carbocycles. The molecule has 0 saturated carbocycles. The number of halogens is 1. The maximum Gasteiger partial charge on any atom is 0.326 e. The monoisotopic (exact) mass is 387 g/mol. The van der Waals surface area contributed by atoms with Gasteiger partial charge in [0.25, 0.3) is 5.56 Å². The molecular formula is C21H22ClNO4. The first-order chi connectivity index (χ1) is 12.8.